The fourth-order valence-corrected chi connectivity index (χ4v) is 2.43. The molecule has 0 aliphatic carbocycles. The third-order valence-corrected chi connectivity index (χ3v) is 3.19. The number of carbonyl (C=O) groups is 1. The van der Waals surface area contributed by atoms with E-state index in [1.54, 1.807) is 6.08 Å². The van der Waals surface area contributed by atoms with Crippen molar-refractivity contribution < 1.29 is 9.90 Å². The Kier molecular flexibility index (Phi) is 1.61. The molecule has 2 aliphatic heterocycles. The van der Waals surface area contributed by atoms with E-state index < -0.39 is 5.97 Å². The van der Waals surface area contributed by atoms with Crippen LogP contribution < -0.4 is 5.43 Å². The molecule has 0 spiro atoms. The molecule has 0 aromatic heterocycles. The standard InChI is InChI=1S/C7H8N2O2S/c1-3-4-2-5(7(10)11)12-6(4)9-8-3/h2,4,6,9H,1H3,(H,10,11)/t4-,6-/m0/s1. The highest BCUT2D eigenvalue weighted by Crippen LogP contribution is 2.38. The summed E-state index contributed by atoms with van der Waals surface area (Å²) in [6.45, 7) is 1.90. The second-order valence-electron chi connectivity index (χ2n) is 2.78. The smallest absolute Gasteiger partial charge is 0.341 e. The van der Waals surface area contributed by atoms with Crippen LogP contribution >= 0.6 is 11.8 Å². The minimum Gasteiger partial charge on any atom is -0.477 e. The number of hydrazone groups is 1. The van der Waals surface area contributed by atoms with Gasteiger partial charge < -0.3 is 5.11 Å². The first-order chi connectivity index (χ1) is 5.68. The molecular weight excluding hydrogens is 176 g/mol. The summed E-state index contributed by atoms with van der Waals surface area (Å²) in [5, 5.41) is 12.8. The molecule has 0 saturated carbocycles. The van der Waals surface area contributed by atoms with E-state index in [1.165, 1.54) is 11.8 Å². The van der Waals surface area contributed by atoms with Crippen LogP contribution in [0.4, 0.5) is 0 Å². The van der Waals surface area contributed by atoms with Gasteiger partial charge in [-0.3, -0.25) is 5.43 Å². The molecule has 2 atom stereocenters. The predicted molar refractivity (Wildman–Crippen MR) is 46.8 cm³/mol. The van der Waals surface area contributed by atoms with Crippen molar-refractivity contribution in [3.05, 3.63) is 11.0 Å². The van der Waals surface area contributed by atoms with Crippen molar-refractivity contribution in [2.24, 2.45) is 11.0 Å². The lowest BCUT2D eigenvalue weighted by molar-refractivity contribution is -0.131. The Hall–Kier alpha value is -0.970. The van der Waals surface area contributed by atoms with E-state index in [-0.39, 0.29) is 11.3 Å². The van der Waals surface area contributed by atoms with Gasteiger partial charge in [-0.25, -0.2) is 4.79 Å². The predicted octanol–water partition coefficient (Wildman–Crippen LogP) is 0.623. The summed E-state index contributed by atoms with van der Waals surface area (Å²) in [6.07, 6.45) is 1.76. The molecule has 0 aromatic rings. The number of carboxylic acid groups (broad SMARTS) is 1. The van der Waals surface area contributed by atoms with E-state index >= 15 is 0 Å². The van der Waals surface area contributed by atoms with Crippen LogP contribution in [0.2, 0.25) is 0 Å². The Labute approximate surface area is 73.7 Å². The highest BCUT2D eigenvalue weighted by molar-refractivity contribution is 8.04. The Morgan fingerprint density at radius 1 is 1.83 bits per heavy atom. The molecule has 0 aromatic carbocycles. The van der Waals surface area contributed by atoms with Gasteiger partial charge in [0, 0.05) is 11.6 Å². The SMILES string of the molecule is CC1=NN[C@H]2SC(C(=O)O)=C[C@@H]12. The number of rotatable bonds is 1. The molecule has 0 radical (unpaired) electrons. The number of thioether (sulfide) groups is 1. The molecule has 2 heterocycles. The fourth-order valence-electron chi connectivity index (χ4n) is 1.31. The number of hydrogen-bond acceptors (Lipinski definition) is 4. The number of carboxylic acids is 1. The highest BCUT2D eigenvalue weighted by atomic mass is 32.2. The normalized spacial score (nSPS) is 32.1. The van der Waals surface area contributed by atoms with Crippen molar-refractivity contribution in [2.75, 3.05) is 0 Å². The summed E-state index contributed by atoms with van der Waals surface area (Å²) < 4.78 is 0. The third kappa shape index (κ3) is 1.01. The number of aliphatic carboxylic acids is 1. The molecule has 2 N–H and O–H groups in total. The van der Waals surface area contributed by atoms with Crippen molar-refractivity contribution in [1.82, 2.24) is 5.43 Å². The maximum atomic E-state index is 10.6. The van der Waals surface area contributed by atoms with Crippen LogP contribution in [-0.2, 0) is 4.79 Å². The summed E-state index contributed by atoms with van der Waals surface area (Å²) in [5.41, 5.74) is 3.85. The van der Waals surface area contributed by atoms with Gasteiger partial charge in [0.1, 0.15) is 5.37 Å². The Morgan fingerprint density at radius 3 is 3.17 bits per heavy atom. The molecule has 0 amide bonds. The van der Waals surface area contributed by atoms with Crippen molar-refractivity contribution >= 4 is 23.4 Å². The first-order valence-electron chi connectivity index (χ1n) is 3.60. The molecular formula is C7H8N2O2S. The largest absolute Gasteiger partial charge is 0.477 e. The second kappa shape index (κ2) is 2.52. The zero-order chi connectivity index (χ0) is 8.72. The van der Waals surface area contributed by atoms with E-state index in [0.29, 0.717) is 4.91 Å². The average molecular weight is 184 g/mol. The van der Waals surface area contributed by atoms with Crippen LogP contribution in [-0.4, -0.2) is 22.2 Å². The fraction of sp³-hybridized carbons (Fsp3) is 0.429. The summed E-state index contributed by atoms with van der Waals surface area (Å²) in [4.78, 5) is 11.0. The lowest BCUT2D eigenvalue weighted by Crippen LogP contribution is -2.20. The van der Waals surface area contributed by atoms with Crippen molar-refractivity contribution in [3.8, 4) is 0 Å². The van der Waals surface area contributed by atoms with Gasteiger partial charge in [-0.05, 0) is 6.92 Å². The van der Waals surface area contributed by atoms with Gasteiger partial charge in [0.15, 0.2) is 0 Å². The molecule has 0 unspecified atom stereocenters. The summed E-state index contributed by atoms with van der Waals surface area (Å²) in [6, 6.07) is 0. The van der Waals surface area contributed by atoms with E-state index in [0.717, 1.165) is 5.71 Å². The topological polar surface area (TPSA) is 61.7 Å². The number of hydrogen-bond donors (Lipinski definition) is 2. The first kappa shape index (κ1) is 7.67. The molecule has 0 bridgehead atoms. The quantitative estimate of drug-likeness (QED) is 0.627. The van der Waals surface area contributed by atoms with Crippen molar-refractivity contribution in [1.29, 1.82) is 0 Å². The molecule has 2 rings (SSSR count). The molecule has 64 valence electrons. The average Bonchev–Trinajstić information content (AvgIpc) is 2.53. The Bertz CT molecular complexity index is 298. The van der Waals surface area contributed by atoms with Gasteiger partial charge in [-0.1, -0.05) is 17.8 Å². The van der Waals surface area contributed by atoms with Crippen LogP contribution in [0.25, 0.3) is 0 Å². The van der Waals surface area contributed by atoms with Crippen LogP contribution in [0.3, 0.4) is 0 Å². The van der Waals surface area contributed by atoms with Crippen LogP contribution in [0.15, 0.2) is 16.1 Å². The zero-order valence-electron chi connectivity index (χ0n) is 6.44. The van der Waals surface area contributed by atoms with Crippen LogP contribution in [0.5, 0.6) is 0 Å². The maximum Gasteiger partial charge on any atom is 0.341 e. The van der Waals surface area contributed by atoms with E-state index in [4.69, 9.17) is 5.11 Å². The van der Waals surface area contributed by atoms with E-state index in [9.17, 15) is 4.79 Å². The number of nitrogens with one attached hydrogen (secondary N) is 1. The Balaban J connectivity index is 2.22. The highest BCUT2D eigenvalue weighted by Gasteiger charge is 2.36. The minimum absolute atomic E-state index is 0.107. The third-order valence-electron chi connectivity index (χ3n) is 1.97. The molecule has 0 saturated heterocycles. The summed E-state index contributed by atoms with van der Waals surface area (Å²) in [5.74, 6) is -0.676. The van der Waals surface area contributed by atoms with Gasteiger partial charge >= 0.3 is 5.97 Å². The monoisotopic (exact) mass is 184 g/mol. The lowest BCUT2D eigenvalue weighted by Gasteiger charge is -2.06. The summed E-state index contributed by atoms with van der Waals surface area (Å²) >= 11 is 1.33. The molecule has 12 heavy (non-hydrogen) atoms. The van der Waals surface area contributed by atoms with Gasteiger partial charge in [-0.15, -0.1) is 0 Å². The second-order valence-corrected chi connectivity index (χ2v) is 3.97. The maximum absolute atomic E-state index is 10.6. The summed E-state index contributed by atoms with van der Waals surface area (Å²) in [7, 11) is 0. The van der Waals surface area contributed by atoms with Crippen LogP contribution in [0.1, 0.15) is 6.92 Å². The van der Waals surface area contributed by atoms with Gasteiger partial charge in [0.25, 0.3) is 0 Å². The minimum atomic E-state index is -0.844. The van der Waals surface area contributed by atoms with Crippen molar-refractivity contribution in [2.45, 2.75) is 12.3 Å². The van der Waals surface area contributed by atoms with Crippen LogP contribution in [0, 0.1) is 5.92 Å². The zero-order valence-corrected chi connectivity index (χ0v) is 7.26. The number of nitrogens with zero attached hydrogens (tertiary/aromatic N) is 1. The van der Waals surface area contributed by atoms with Gasteiger partial charge in [-0.2, -0.15) is 5.10 Å². The molecule has 0 fully saturated rings. The molecule has 2 aliphatic rings. The van der Waals surface area contributed by atoms with Gasteiger partial charge in [0.05, 0.1) is 4.91 Å². The first-order valence-corrected chi connectivity index (χ1v) is 4.48. The Morgan fingerprint density at radius 2 is 2.58 bits per heavy atom. The molecule has 5 heteroatoms. The number of fused-ring (bicyclic) bond motifs is 1. The van der Waals surface area contributed by atoms with Gasteiger partial charge in [0.2, 0.25) is 0 Å². The molecule has 4 nitrogen and oxygen atoms in total. The van der Waals surface area contributed by atoms with Crippen molar-refractivity contribution in [3.63, 3.8) is 0 Å². The lowest BCUT2D eigenvalue weighted by atomic mass is 10.1. The van der Waals surface area contributed by atoms with E-state index in [1.807, 2.05) is 6.92 Å². The van der Waals surface area contributed by atoms with E-state index in [2.05, 4.69) is 10.5 Å².